The van der Waals surface area contributed by atoms with Crippen LogP contribution in [0.25, 0.3) is 6.08 Å². The Hall–Kier alpha value is -1.82. The Labute approximate surface area is 92.0 Å². The van der Waals surface area contributed by atoms with Crippen molar-refractivity contribution in [3.63, 3.8) is 0 Å². The normalized spacial score (nSPS) is 12.5. The van der Waals surface area contributed by atoms with Gasteiger partial charge in [-0.05, 0) is 18.1 Å². The minimum absolute atomic E-state index is 1.18. The quantitative estimate of drug-likeness (QED) is 0.626. The molecule has 1 rings (SSSR count). The molecule has 0 saturated carbocycles. The van der Waals surface area contributed by atoms with Crippen molar-refractivity contribution in [1.82, 2.24) is 0 Å². The molecule has 1 aromatic carbocycles. The maximum atomic E-state index is 3.65. The SMILES string of the molecule is C=C\C=C/C(/C=C/c1ccccc1)=C\C. The van der Waals surface area contributed by atoms with E-state index < -0.39 is 0 Å². The van der Waals surface area contributed by atoms with Gasteiger partial charge in [0.15, 0.2) is 0 Å². The van der Waals surface area contributed by atoms with Crippen LogP contribution in [0.4, 0.5) is 0 Å². The molecule has 76 valence electrons. The first-order valence-corrected chi connectivity index (χ1v) is 5.05. The van der Waals surface area contributed by atoms with Crippen LogP contribution in [-0.2, 0) is 0 Å². The van der Waals surface area contributed by atoms with E-state index in [9.17, 15) is 0 Å². The van der Waals surface area contributed by atoms with Gasteiger partial charge < -0.3 is 0 Å². The van der Waals surface area contributed by atoms with Crippen molar-refractivity contribution in [1.29, 1.82) is 0 Å². The predicted octanol–water partition coefficient (Wildman–Crippen LogP) is 4.39. The number of hydrogen-bond donors (Lipinski definition) is 0. The molecule has 0 heterocycles. The Morgan fingerprint density at radius 2 is 1.87 bits per heavy atom. The molecule has 0 radical (unpaired) electrons. The van der Waals surface area contributed by atoms with E-state index in [0.717, 1.165) is 0 Å². The summed E-state index contributed by atoms with van der Waals surface area (Å²) in [6, 6.07) is 10.3. The highest BCUT2D eigenvalue weighted by molar-refractivity contribution is 5.54. The van der Waals surface area contributed by atoms with E-state index in [1.807, 2.05) is 37.3 Å². The summed E-state index contributed by atoms with van der Waals surface area (Å²) >= 11 is 0. The van der Waals surface area contributed by atoms with Crippen molar-refractivity contribution in [3.8, 4) is 0 Å². The predicted molar refractivity (Wildman–Crippen MR) is 68.6 cm³/mol. The first kappa shape index (κ1) is 11.3. The summed E-state index contributed by atoms with van der Waals surface area (Å²) in [7, 11) is 0. The van der Waals surface area contributed by atoms with Crippen LogP contribution < -0.4 is 0 Å². The number of rotatable bonds is 4. The van der Waals surface area contributed by atoms with Gasteiger partial charge in [-0.15, -0.1) is 0 Å². The third-order valence-corrected chi connectivity index (χ3v) is 2.03. The molecule has 0 aliphatic rings. The van der Waals surface area contributed by atoms with Gasteiger partial charge in [-0.25, -0.2) is 0 Å². The fraction of sp³-hybridized carbons (Fsp3) is 0.0667. The van der Waals surface area contributed by atoms with Crippen molar-refractivity contribution in [2.45, 2.75) is 6.92 Å². The van der Waals surface area contributed by atoms with Gasteiger partial charge in [0.25, 0.3) is 0 Å². The van der Waals surface area contributed by atoms with E-state index in [-0.39, 0.29) is 0 Å². The molecule has 0 saturated heterocycles. The van der Waals surface area contributed by atoms with Gasteiger partial charge in [0.05, 0.1) is 0 Å². The molecule has 0 unspecified atom stereocenters. The zero-order chi connectivity index (χ0) is 10.9. The lowest BCUT2D eigenvalue weighted by Crippen LogP contribution is -1.72. The van der Waals surface area contributed by atoms with Crippen LogP contribution >= 0.6 is 0 Å². The molecular weight excluding hydrogens is 180 g/mol. The second kappa shape index (κ2) is 6.61. The lowest BCUT2D eigenvalue weighted by molar-refractivity contribution is 1.60. The summed E-state index contributed by atoms with van der Waals surface area (Å²) in [6.07, 6.45) is 12.0. The molecule has 0 N–H and O–H groups in total. The zero-order valence-corrected chi connectivity index (χ0v) is 9.06. The topological polar surface area (TPSA) is 0 Å². The number of allylic oxidation sites excluding steroid dienone is 6. The van der Waals surface area contributed by atoms with Crippen molar-refractivity contribution in [2.24, 2.45) is 0 Å². The first-order chi connectivity index (χ1) is 7.36. The summed E-state index contributed by atoms with van der Waals surface area (Å²) in [5.41, 5.74) is 2.39. The molecule has 0 nitrogen and oxygen atoms in total. The average molecular weight is 196 g/mol. The van der Waals surface area contributed by atoms with Gasteiger partial charge in [-0.1, -0.05) is 73.4 Å². The van der Waals surface area contributed by atoms with Gasteiger partial charge in [-0.3, -0.25) is 0 Å². The monoisotopic (exact) mass is 196 g/mol. The number of benzene rings is 1. The average Bonchev–Trinajstić information content (AvgIpc) is 2.31. The fourth-order valence-corrected chi connectivity index (χ4v) is 1.18. The second-order valence-electron chi connectivity index (χ2n) is 3.13. The summed E-state index contributed by atoms with van der Waals surface area (Å²) in [6.45, 7) is 5.67. The van der Waals surface area contributed by atoms with Gasteiger partial charge in [-0.2, -0.15) is 0 Å². The molecule has 0 amide bonds. The van der Waals surface area contributed by atoms with E-state index in [1.165, 1.54) is 11.1 Å². The molecule has 0 aliphatic carbocycles. The molecule has 0 atom stereocenters. The summed E-state index contributed by atoms with van der Waals surface area (Å²) in [5.74, 6) is 0. The van der Waals surface area contributed by atoms with Gasteiger partial charge in [0.1, 0.15) is 0 Å². The van der Waals surface area contributed by atoms with Crippen LogP contribution in [-0.4, -0.2) is 0 Å². The standard InChI is InChI=1S/C15H16/c1-3-5-9-14(4-2)12-13-15-10-7-6-8-11-15/h3-13H,1H2,2H3/b9-5-,13-12+,14-4+. The molecule has 0 heteroatoms. The Bertz CT molecular complexity index is 378. The molecule has 1 aromatic rings. The second-order valence-corrected chi connectivity index (χ2v) is 3.13. The molecule has 0 aliphatic heterocycles. The van der Waals surface area contributed by atoms with Crippen LogP contribution in [0.5, 0.6) is 0 Å². The summed E-state index contributed by atoms with van der Waals surface area (Å²) < 4.78 is 0. The largest absolute Gasteiger partial charge is 0.0991 e. The Kier molecular flexibility index (Phi) is 4.96. The van der Waals surface area contributed by atoms with Crippen LogP contribution in [0.15, 0.2) is 72.9 Å². The Morgan fingerprint density at radius 3 is 2.47 bits per heavy atom. The van der Waals surface area contributed by atoms with E-state index in [4.69, 9.17) is 0 Å². The highest BCUT2D eigenvalue weighted by Gasteiger charge is 1.84. The van der Waals surface area contributed by atoms with Crippen LogP contribution in [0.1, 0.15) is 12.5 Å². The van der Waals surface area contributed by atoms with Crippen molar-refractivity contribution in [2.75, 3.05) is 0 Å². The Balaban J connectivity index is 2.72. The van der Waals surface area contributed by atoms with Crippen molar-refractivity contribution >= 4 is 6.08 Å². The van der Waals surface area contributed by atoms with Gasteiger partial charge in [0, 0.05) is 0 Å². The lowest BCUT2D eigenvalue weighted by Gasteiger charge is -1.93. The highest BCUT2D eigenvalue weighted by Crippen LogP contribution is 2.06. The smallest absolute Gasteiger partial charge is 0.0256 e. The molecule has 0 bridgehead atoms. The first-order valence-electron chi connectivity index (χ1n) is 5.05. The summed E-state index contributed by atoms with van der Waals surface area (Å²) in [5, 5.41) is 0. The van der Waals surface area contributed by atoms with Crippen LogP contribution in [0.2, 0.25) is 0 Å². The molecule has 0 fully saturated rings. The lowest BCUT2D eigenvalue weighted by atomic mass is 10.1. The van der Waals surface area contributed by atoms with Gasteiger partial charge >= 0.3 is 0 Å². The maximum Gasteiger partial charge on any atom is -0.0256 e. The minimum Gasteiger partial charge on any atom is -0.0991 e. The van der Waals surface area contributed by atoms with E-state index in [2.05, 4.69) is 36.9 Å². The number of hydrogen-bond acceptors (Lipinski definition) is 0. The Morgan fingerprint density at radius 1 is 1.13 bits per heavy atom. The van der Waals surface area contributed by atoms with Crippen molar-refractivity contribution in [3.05, 3.63) is 78.4 Å². The zero-order valence-electron chi connectivity index (χ0n) is 9.06. The third-order valence-electron chi connectivity index (χ3n) is 2.03. The molecule has 0 aromatic heterocycles. The van der Waals surface area contributed by atoms with E-state index in [1.54, 1.807) is 6.08 Å². The summed E-state index contributed by atoms with van der Waals surface area (Å²) in [4.78, 5) is 0. The molecule has 15 heavy (non-hydrogen) atoms. The third kappa shape index (κ3) is 4.28. The maximum absolute atomic E-state index is 3.65. The minimum atomic E-state index is 1.18. The fourth-order valence-electron chi connectivity index (χ4n) is 1.18. The molecular formula is C15H16. The van der Waals surface area contributed by atoms with Crippen LogP contribution in [0.3, 0.4) is 0 Å². The van der Waals surface area contributed by atoms with Crippen LogP contribution in [0, 0.1) is 0 Å². The van der Waals surface area contributed by atoms with Crippen molar-refractivity contribution < 1.29 is 0 Å². The van der Waals surface area contributed by atoms with E-state index in [0.29, 0.717) is 0 Å². The highest BCUT2D eigenvalue weighted by atomic mass is 13.9. The van der Waals surface area contributed by atoms with E-state index >= 15 is 0 Å². The molecule has 0 spiro atoms. The van der Waals surface area contributed by atoms with Gasteiger partial charge in [0.2, 0.25) is 0 Å².